The Morgan fingerprint density at radius 1 is 1.22 bits per heavy atom. The highest BCUT2D eigenvalue weighted by molar-refractivity contribution is 5.44. The molecule has 2 aliphatic rings. The highest BCUT2D eigenvalue weighted by atomic mass is 16.7. The molecule has 1 aromatic rings. The number of fused-ring (bicyclic) bond motifs is 1. The Morgan fingerprint density at radius 3 is 2.83 bits per heavy atom. The molecule has 2 aliphatic heterocycles. The Morgan fingerprint density at radius 2 is 2.00 bits per heavy atom. The number of rotatable bonds is 3. The summed E-state index contributed by atoms with van der Waals surface area (Å²) in [5, 5.41) is 2.48. The fourth-order valence-electron chi connectivity index (χ4n) is 2.74. The number of quaternary nitrogens is 2. The molecule has 3 rings (SSSR count). The summed E-state index contributed by atoms with van der Waals surface area (Å²) in [6, 6.07) is 7.06. The van der Waals surface area contributed by atoms with E-state index in [9.17, 15) is 0 Å². The number of nitrogens with two attached hydrogens (primary N) is 1. The molecule has 0 spiro atoms. The molecule has 0 aromatic heterocycles. The van der Waals surface area contributed by atoms with Crippen molar-refractivity contribution >= 4 is 0 Å². The lowest BCUT2D eigenvalue weighted by atomic mass is 10.1. The lowest BCUT2D eigenvalue weighted by molar-refractivity contribution is -0.894. The van der Waals surface area contributed by atoms with Crippen LogP contribution in [0.2, 0.25) is 0 Å². The molecule has 1 saturated heterocycles. The van der Waals surface area contributed by atoms with Crippen LogP contribution in [0.25, 0.3) is 0 Å². The van der Waals surface area contributed by atoms with Crippen molar-refractivity contribution in [3.8, 4) is 11.5 Å². The van der Waals surface area contributed by atoms with Crippen LogP contribution in [-0.4, -0.2) is 33.0 Å². The van der Waals surface area contributed by atoms with Gasteiger partial charge in [0.25, 0.3) is 0 Å². The van der Waals surface area contributed by atoms with Gasteiger partial charge in [0.1, 0.15) is 6.54 Å². The van der Waals surface area contributed by atoms with Gasteiger partial charge >= 0.3 is 0 Å². The Labute approximate surface area is 108 Å². The number of ether oxygens (including phenoxy) is 2. The molecule has 98 valence electrons. The van der Waals surface area contributed by atoms with Crippen molar-refractivity contribution in [3.05, 3.63) is 23.8 Å². The van der Waals surface area contributed by atoms with Crippen LogP contribution < -0.4 is 19.7 Å². The number of hydrogen-bond donors (Lipinski definition) is 2. The molecular weight excluding hydrogens is 228 g/mol. The van der Waals surface area contributed by atoms with Crippen LogP contribution >= 0.6 is 0 Å². The fourth-order valence-corrected chi connectivity index (χ4v) is 2.74. The first kappa shape index (κ1) is 11.8. The monoisotopic (exact) mass is 250 g/mol. The molecule has 4 nitrogen and oxygen atoms in total. The summed E-state index contributed by atoms with van der Waals surface area (Å²) in [7, 11) is 2.29. The van der Waals surface area contributed by atoms with Crippen LogP contribution in [0, 0.1) is 0 Å². The molecule has 0 radical (unpaired) electrons. The number of hydrogen-bond acceptors (Lipinski definition) is 2. The summed E-state index contributed by atoms with van der Waals surface area (Å²) in [5.74, 6) is 1.77. The molecule has 1 aromatic carbocycles. The average molecular weight is 250 g/mol. The number of piperidine rings is 1. The zero-order chi connectivity index (χ0) is 12.4. The smallest absolute Gasteiger partial charge is 0.231 e. The van der Waals surface area contributed by atoms with E-state index in [1.807, 2.05) is 6.07 Å². The van der Waals surface area contributed by atoms with E-state index in [1.165, 1.54) is 31.5 Å². The van der Waals surface area contributed by atoms with Gasteiger partial charge in [0.2, 0.25) is 6.79 Å². The fraction of sp³-hybridized carbons (Fsp3) is 0.571. The van der Waals surface area contributed by atoms with Gasteiger partial charge in [0.05, 0.1) is 26.2 Å². The zero-order valence-corrected chi connectivity index (χ0v) is 10.9. The van der Waals surface area contributed by atoms with Crippen LogP contribution in [0.15, 0.2) is 18.2 Å². The summed E-state index contributed by atoms with van der Waals surface area (Å²) in [6.07, 6.45) is 2.66. The molecule has 0 amide bonds. The van der Waals surface area contributed by atoms with Gasteiger partial charge in [-0.05, 0) is 18.2 Å². The van der Waals surface area contributed by atoms with Crippen LogP contribution in [0.4, 0.5) is 0 Å². The Hall–Kier alpha value is -1.26. The maximum absolute atomic E-state index is 5.41. The lowest BCUT2D eigenvalue weighted by Gasteiger charge is -2.24. The minimum Gasteiger partial charge on any atom is -0.454 e. The highest BCUT2D eigenvalue weighted by Gasteiger charge is 2.22. The van der Waals surface area contributed by atoms with Crippen molar-refractivity contribution in [1.29, 1.82) is 0 Å². The molecule has 0 atom stereocenters. The largest absolute Gasteiger partial charge is 0.454 e. The van der Waals surface area contributed by atoms with Crippen molar-refractivity contribution in [3.63, 3.8) is 0 Å². The first-order valence-electron chi connectivity index (χ1n) is 6.84. The Balaban J connectivity index is 1.54. The SMILES string of the molecule is C[NH+]1CCC([NH2+]Cc2ccc3c(c2)OCO3)CC1. The quantitative estimate of drug-likeness (QED) is 0.734. The molecule has 0 bridgehead atoms. The van der Waals surface area contributed by atoms with Gasteiger partial charge in [0, 0.05) is 18.4 Å². The number of benzene rings is 1. The second-order valence-corrected chi connectivity index (χ2v) is 5.42. The zero-order valence-electron chi connectivity index (χ0n) is 10.9. The first-order valence-corrected chi connectivity index (χ1v) is 6.84. The topological polar surface area (TPSA) is 39.5 Å². The van der Waals surface area contributed by atoms with Gasteiger partial charge in [-0.15, -0.1) is 0 Å². The molecule has 0 saturated carbocycles. The van der Waals surface area contributed by atoms with Crippen LogP contribution in [-0.2, 0) is 6.54 Å². The summed E-state index contributed by atoms with van der Waals surface area (Å²) in [6.45, 7) is 4.02. The minimum atomic E-state index is 0.361. The van der Waals surface area contributed by atoms with Crippen molar-refractivity contribution in [2.75, 3.05) is 26.9 Å². The third-order valence-corrected chi connectivity index (χ3v) is 4.01. The normalized spacial score (nSPS) is 26.3. The van der Waals surface area contributed by atoms with E-state index in [0.29, 0.717) is 6.79 Å². The molecule has 0 aliphatic carbocycles. The summed E-state index contributed by atoms with van der Waals surface area (Å²) in [5.41, 5.74) is 1.32. The third-order valence-electron chi connectivity index (χ3n) is 4.01. The molecule has 4 heteroatoms. The predicted octanol–water partition coefficient (Wildman–Crippen LogP) is -0.844. The number of nitrogens with one attached hydrogen (secondary N) is 1. The maximum Gasteiger partial charge on any atom is 0.231 e. The second kappa shape index (κ2) is 5.16. The van der Waals surface area contributed by atoms with E-state index in [2.05, 4.69) is 24.5 Å². The number of likely N-dealkylation sites (tertiary alicyclic amines) is 1. The van der Waals surface area contributed by atoms with Gasteiger partial charge in [0.15, 0.2) is 11.5 Å². The van der Waals surface area contributed by atoms with Crippen molar-refractivity contribution < 1.29 is 19.7 Å². The van der Waals surface area contributed by atoms with E-state index in [1.54, 1.807) is 4.90 Å². The summed E-state index contributed by atoms with van der Waals surface area (Å²) >= 11 is 0. The van der Waals surface area contributed by atoms with Gasteiger partial charge in [-0.25, -0.2) is 0 Å². The van der Waals surface area contributed by atoms with Gasteiger partial charge in [-0.2, -0.15) is 0 Å². The summed E-state index contributed by atoms with van der Waals surface area (Å²) < 4.78 is 10.7. The van der Waals surface area contributed by atoms with E-state index in [-0.39, 0.29) is 0 Å². The lowest BCUT2D eigenvalue weighted by Crippen LogP contribution is -3.12. The molecule has 18 heavy (non-hydrogen) atoms. The summed E-state index contributed by atoms with van der Waals surface area (Å²) in [4.78, 5) is 1.67. The molecule has 1 fully saturated rings. The van der Waals surface area contributed by atoms with Crippen molar-refractivity contribution in [2.45, 2.75) is 25.4 Å². The van der Waals surface area contributed by atoms with Crippen LogP contribution in [0.3, 0.4) is 0 Å². The van der Waals surface area contributed by atoms with E-state index < -0.39 is 0 Å². The van der Waals surface area contributed by atoms with E-state index in [4.69, 9.17) is 9.47 Å². The van der Waals surface area contributed by atoms with Crippen LogP contribution in [0.5, 0.6) is 11.5 Å². The van der Waals surface area contributed by atoms with Crippen LogP contribution in [0.1, 0.15) is 18.4 Å². The minimum absolute atomic E-state index is 0.361. The maximum atomic E-state index is 5.41. The average Bonchev–Trinajstić information content (AvgIpc) is 2.85. The highest BCUT2D eigenvalue weighted by Crippen LogP contribution is 2.32. The van der Waals surface area contributed by atoms with Gasteiger partial charge in [-0.3, -0.25) is 0 Å². The molecular formula is C14H22N2O2+2. The predicted molar refractivity (Wildman–Crippen MR) is 67.8 cm³/mol. The Kier molecular flexibility index (Phi) is 3.39. The van der Waals surface area contributed by atoms with Gasteiger partial charge < -0.3 is 19.7 Å². The first-order chi connectivity index (χ1) is 8.81. The third kappa shape index (κ3) is 2.60. The Bertz CT molecular complexity index is 414. The van der Waals surface area contributed by atoms with E-state index >= 15 is 0 Å². The second-order valence-electron chi connectivity index (χ2n) is 5.42. The van der Waals surface area contributed by atoms with Crippen molar-refractivity contribution in [1.82, 2.24) is 0 Å². The van der Waals surface area contributed by atoms with Gasteiger partial charge in [-0.1, -0.05) is 0 Å². The van der Waals surface area contributed by atoms with E-state index in [0.717, 1.165) is 24.1 Å². The standard InChI is InChI=1S/C14H20N2O2/c1-16-6-4-12(5-7-16)15-9-11-2-3-13-14(8-11)18-10-17-13/h2-3,8,12,15H,4-7,9-10H2,1H3/p+2. The molecule has 3 N–H and O–H groups in total. The molecule has 2 heterocycles. The molecule has 0 unspecified atom stereocenters. The van der Waals surface area contributed by atoms with Crippen molar-refractivity contribution in [2.24, 2.45) is 0 Å².